The SMILES string of the molecule is CNC(=O)c1sc2nccc(OC(C)C)c2c1N. The van der Waals surface area contributed by atoms with E-state index in [4.69, 9.17) is 10.5 Å². The van der Waals surface area contributed by atoms with Crippen LogP contribution < -0.4 is 15.8 Å². The van der Waals surface area contributed by atoms with Crippen LogP contribution in [0.2, 0.25) is 0 Å². The molecule has 0 aromatic carbocycles. The molecular weight excluding hydrogens is 250 g/mol. The number of carbonyl (C=O) groups is 1. The lowest BCUT2D eigenvalue weighted by Crippen LogP contribution is -2.17. The first-order valence-electron chi connectivity index (χ1n) is 5.60. The highest BCUT2D eigenvalue weighted by Gasteiger charge is 2.19. The van der Waals surface area contributed by atoms with E-state index in [1.807, 2.05) is 13.8 Å². The van der Waals surface area contributed by atoms with Crippen LogP contribution in [0.1, 0.15) is 23.5 Å². The minimum atomic E-state index is -0.203. The second kappa shape index (κ2) is 4.81. The molecule has 0 aliphatic heterocycles. The Morgan fingerprint density at radius 3 is 2.89 bits per heavy atom. The number of thiophene rings is 1. The smallest absolute Gasteiger partial charge is 0.263 e. The summed E-state index contributed by atoms with van der Waals surface area (Å²) in [5.74, 6) is 0.463. The molecule has 0 saturated carbocycles. The van der Waals surface area contributed by atoms with Gasteiger partial charge in [0, 0.05) is 13.2 Å². The number of nitrogens with two attached hydrogens (primary N) is 1. The summed E-state index contributed by atoms with van der Waals surface area (Å²) in [6.07, 6.45) is 1.70. The summed E-state index contributed by atoms with van der Waals surface area (Å²) in [6, 6.07) is 1.76. The third-order valence-electron chi connectivity index (χ3n) is 2.39. The zero-order valence-corrected chi connectivity index (χ0v) is 11.3. The van der Waals surface area contributed by atoms with E-state index in [2.05, 4.69) is 10.3 Å². The van der Waals surface area contributed by atoms with Gasteiger partial charge in [0.05, 0.1) is 17.2 Å². The van der Waals surface area contributed by atoms with Gasteiger partial charge < -0.3 is 15.8 Å². The van der Waals surface area contributed by atoms with E-state index in [1.165, 1.54) is 11.3 Å². The van der Waals surface area contributed by atoms with Crippen LogP contribution in [-0.4, -0.2) is 24.0 Å². The van der Waals surface area contributed by atoms with Crippen LogP contribution in [-0.2, 0) is 0 Å². The summed E-state index contributed by atoms with van der Waals surface area (Å²) in [5, 5.41) is 3.28. The van der Waals surface area contributed by atoms with Crippen molar-refractivity contribution in [2.24, 2.45) is 0 Å². The van der Waals surface area contributed by atoms with E-state index in [0.29, 0.717) is 21.1 Å². The van der Waals surface area contributed by atoms with Crippen LogP contribution in [0, 0.1) is 0 Å². The summed E-state index contributed by atoms with van der Waals surface area (Å²) in [5.41, 5.74) is 6.45. The lowest BCUT2D eigenvalue weighted by atomic mass is 10.2. The lowest BCUT2D eigenvalue weighted by molar-refractivity contribution is 0.0968. The van der Waals surface area contributed by atoms with Gasteiger partial charge in [0.25, 0.3) is 5.91 Å². The predicted octanol–water partition coefficient (Wildman–Crippen LogP) is 2.03. The van der Waals surface area contributed by atoms with Gasteiger partial charge in [-0.05, 0) is 19.9 Å². The molecule has 2 rings (SSSR count). The molecule has 0 saturated heterocycles. The highest BCUT2D eigenvalue weighted by molar-refractivity contribution is 7.21. The van der Waals surface area contributed by atoms with E-state index < -0.39 is 0 Å². The van der Waals surface area contributed by atoms with Gasteiger partial charge >= 0.3 is 0 Å². The average molecular weight is 265 g/mol. The summed E-state index contributed by atoms with van der Waals surface area (Å²) in [6.45, 7) is 3.88. The van der Waals surface area contributed by atoms with Gasteiger partial charge in [-0.1, -0.05) is 0 Å². The second-order valence-electron chi connectivity index (χ2n) is 4.08. The lowest BCUT2D eigenvalue weighted by Gasteiger charge is -2.10. The van der Waals surface area contributed by atoms with E-state index in [9.17, 15) is 4.79 Å². The Morgan fingerprint density at radius 2 is 2.28 bits per heavy atom. The number of pyridine rings is 1. The molecule has 2 heterocycles. The number of amides is 1. The van der Waals surface area contributed by atoms with Gasteiger partial charge in [-0.25, -0.2) is 4.98 Å². The molecular formula is C12H15N3O2S. The third-order valence-corrected chi connectivity index (χ3v) is 3.50. The Bertz CT molecular complexity index is 592. The van der Waals surface area contributed by atoms with Crippen LogP contribution >= 0.6 is 11.3 Å². The Balaban J connectivity index is 2.62. The van der Waals surface area contributed by atoms with Gasteiger partial charge in [-0.15, -0.1) is 11.3 Å². The maximum absolute atomic E-state index is 11.7. The largest absolute Gasteiger partial charge is 0.490 e. The molecule has 2 aromatic heterocycles. The molecule has 0 unspecified atom stereocenters. The summed E-state index contributed by atoms with van der Waals surface area (Å²) < 4.78 is 5.69. The number of rotatable bonds is 3. The molecule has 6 heteroatoms. The standard InChI is InChI=1S/C12H15N3O2S/c1-6(2)17-7-4-5-15-12-8(7)9(13)10(18-12)11(16)14-3/h4-6H,13H2,1-3H3,(H,14,16). The third kappa shape index (κ3) is 2.11. The van der Waals surface area contributed by atoms with Crippen molar-refractivity contribution in [3.63, 3.8) is 0 Å². The number of fused-ring (bicyclic) bond motifs is 1. The molecule has 0 bridgehead atoms. The van der Waals surface area contributed by atoms with Crippen LogP contribution in [0.5, 0.6) is 5.75 Å². The first-order valence-corrected chi connectivity index (χ1v) is 6.42. The molecule has 18 heavy (non-hydrogen) atoms. The second-order valence-corrected chi connectivity index (χ2v) is 5.08. The number of nitrogens with one attached hydrogen (secondary N) is 1. The number of carbonyl (C=O) groups excluding carboxylic acids is 1. The number of nitrogens with zero attached hydrogens (tertiary/aromatic N) is 1. The van der Waals surface area contributed by atoms with Gasteiger partial charge in [-0.2, -0.15) is 0 Å². The van der Waals surface area contributed by atoms with Crippen LogP contribution in [0.15, 0.2) is 12.3 Å². The number of anilines is 1. The number of aromatic nitrogens is 1. The molecule has 3 N–H and O–H groups in total. The summed E-state index contributed by atoms with van der Waals surface area (Å²) in [7, 11) is 1.57. The Morgan fingerprint density at radius 1 is 1.56 bits per heavy atom. The Kier molecular flexibility index (Phi) is 3.38. The van der Waals surface area contributed by atoms with Crippen molar-refractivity contribution in [1.82, 2.24) is 10.3 Å². The number of nitrogen functional groups attached to an aromatic ring is 1. The zero-order valence-electron chi connectivity index (χ0n) is 10.5. The fraction of sp³-hybridized carbons (Fsp3) is 0.333. The highest BCUT2D eigenvalue weighted by atomic mass is 32.1. The van der Waals surface area contributed by atoms with Crippen molar-refractivity contribution in [3.8, 4) is 5.75 Å². The Labute approximate surface area is 109 Å². The van der Waals surface area contributed by atoms with E-state index in [0.717, 1.165) is 5.39 Å². The molecule has 0 radical (unpaired) electrons. The molecule has 1 amide bonds. The van der Waals surface area contributed by atoms with Crippen molar-refractivity contribution in [2.45, 2.75) is 20.0 Å². The maximum atomic E-state index is 11.7. The molecule has 0 aliphatic carbocycles. The molecule has 2 aromatic rings. The summed E-state index contributed by atoms with van der Waals surface area (Å²) >= 11 is 1.27. The van der Waals surface area contributed by atoms with Crippen molar-refractivity contribution in [2.75, 3.05) is 12.8 Å². The van der Waals surface area contributed by atoms with Crippen LogP contribution in [0.3, 0.4) is 0 Å². The first-order chi connectivity index (χ1) is 8.54. The quantitative estimate of drug-likeness (QED) is 0.890. The summed E-state index contributed by atoms with van der Waals surface area (Å²) in [4.78, 5) is 17.1. The van der Waals surface area contributed by atoms with Crippen molar-refractivity contribution in [1.29, 1.82) is 0 Å². The minimum Gasteiger partial charge on any atom is -0.490 e. The zero-order chi connectivity index (χ0) is 13.3. The van der Waals surface area contributed by atoms with Crippen molar-refractivity contribution in [3.05, 3.63) is 17.1 Å². The highest BCUT2D eigenvalue weighted by Crippen LogP contribution is 2.38. The van der Waals surface area contributed by atoms with Gasteiger partial charge in [0.1, 0.15) is 15.5 Å². The predicted molar refractivity (Wildman–Crippen MR) is 73.2 cm³/mol. The minimum absolute atomic E-state index is 0.0401. The number of hydrogen-bond donors (Lipinski definition) is 2. The van der Waals surface area contributed by atoms with Crippen molar-refractivity contribution < 1.29 is 9.53 Å². The van der Waals surface area contributed by atoms with Crippen molar-refractivity contribution >= 4 is 33.1 Å². The van der Waals surface area contributed by atoms with E-state index >= 15 is 0 Å². The van der Waals surface area contributed by atoms with E-state index in [-0.39, 0.29) is 12.0 Å². The normalized spacial score (nSPS) is 10.9. The molecule has 0 atom stereocenters. The molecule has 0 aliphatic rings. The van der Waals surface area contributed by atoms with Gasteiger partial charge in [-0.3, -0.25) is 4.79 Å². The topological polar surface area (TPSA) is 77.2 Å². The molecule has 0 fully saturated rings. The van der Waals surface area contributed by atoms with Crippen LogP contribution in [0.4, 0.5) is 5.69 Å². The Hall–Kier alpha value is -1.82. The molecule has 0 spiro atoms. The maximum Gasteiger partial charge on any atom is 0.263 e. The average Bonchev–Trinajstić information content (AvgIpc) is 2.66. The fourth-order valence-corrected chi connectivity index (χ4v) is 2.68. The molecule has 5 nitrogen and oxygen atoms in total. The first kappa shape index (κ1) is 12.6. The molecule has 96 valence electrons. The van der Waals surface area contributed by atoms with Gasteiger partial charge in [0.15, 0.2) is 0 Å². The number of ether oxygens (including phenoxy) is 1. The van der Waals surface area contributed by atoms with E-state index in [1.54, 1.807) is 19.3 Å². The number of hydrogen-bond acceptors (Lipinski definition) is 5. The van der Waals surface area contributed by atoms with Gasteiger partial charge in [0.2, 0.25) is 0 Å². The van der Waals surface area contributed by atoms with Crippen LogP contribution in [0.25, 0.3) is 10.2 Å². The monoisotopic (exact) mass is 265 g/mol. The fourth-order valence-electron chi connectivity index (χ4n) is 1.65.